The van der Waals surface area contributed by atoms with Gasteiger partial charge in [0.05, 0.1) is 16.2 Å². The summed E-state index contributed by atoms with van der Waals surface area (Å²) in [6, 6.07) is 6.85. The van der Waals surface area contributed by atoms with Crippen LogP contribution >= 0.6 is 22.6 Å². The van der Waals surface area contributed by atoms with Gasteiger partial charge in [-0.3, -0.25) is 9.59 Å². The predicted octanol–water partition coefficient (Wildman–Crippen LogP) is 3.58. The van der Waals surface area contributed by atoms with Crippen molar-refractivity contribution in [1.29, 1.82) is 0 Å². The van der Waals surface area contributed by atoms with Gasteiger partial charge in [0.1, 0.15) is 18.0 Å². The average molecular weight is 584 g/mol. The number of unbranched alkanes of at least 4 members (excludes halogenated alkanes) is 3. The number of hydrogen-bond acceptors (Lipinski definition) is 5. The Morgan fingerprint density at radius 2 is 1.97 bits per heavy atom. The van der Waals surface area contributed by atoms with E-state index >= 15 is 0 Å². The molecule has 2 amide bonds. The van der Waals surface area contributed by atoms with Gasteiger partial charge in [-0.2, -0.15) is 0 Å². The summed E-state index contributed by atoms with van der Waals surface area (Å²) >= 11 is 2.16. The van der Waals surface area contributed by atoms with E-state index in [0.29, 0.717) is 17.9 Å². The number of aliphatic hydroxyl groups excluding tert-OH is 2. The Hall–Kier alpha value is -1.91. The fraction of sp³-hybridized carbons (Fsp3) is 0.538. The van der Waals surface area contributed by atoms with Gasteiger partial charge in [-0.15, -0.1) is 0 Å². The van der Waals surface area contributed by atoms with Crippen molar-refractivity contribution in [3.63, 3.8) is 0 Å². The minimum Gasteiger partial charge on any atom is -0.482 e. The highest BCUT2D eigenvalue weighted by molar-refractivity contribution is 14.1. The van der Waals surface area contributed by atoms with Gasteiger partial charge in [0, 0.05) is 31.2 Å². The minimum absolute atomic E-state index is 0.128. The molecule has 8 heteroatoms. The second-order valence-electron chi connectivity index (χ2n) is 8.76. The van der Waals surface area contributed by atoms with Gasteiger partial charge >= 0.3 is 0 Å². The van der Waals surface area contributed by atoms with Crippen LogP contribution in [0.4, 0.5) is 0 Å². The molecule has 0 unspecified atom stereocenters. The number of allylic oxidation sites excluding steroid dienone is 1. The van der Waals surface area contributed by atoms with E-state index in [1.165, 1.54) is 0 Å². The number of benzene rings is 1. The number of aliphatic hydroxyl groups is 2. The molecule has 0 spiro atoms. The molecule has 0 fully saturated rings. The maximum atomic E-state index is 13.2. The zero-order valence-corrected chi connectivity index (χ0v) is 22.5. The third kappa shape index (κ3) is 8.39. The number of amides is 2. The summed E-state index contributed by atoms with van der Waals surface area (Å²) < 4.78 is 7.03. The maximum Gasteiger partial charge on any atom is 0.247 e. The maximum absolute atomic E-state index is 13.2. The smallest absolute Gasteiger partial charge is 0.247 e. The van der Waals surface area contributed by atoms with Crippen molar-refractivity contribution in [1.82, 2.24) is 10.2 Å². The third-order valence-electron chi connectivity index (χ3n) is 5.66. The molecule has 3 atom stereocenters. The average Bonchev–Trinajstić information content (AvgIpc) is 2.80. The minimum atomic E-state index is -1.01. The summed E-state index contributed by atoms with van der Waals surface area (Å²) in [5.41, 5.74) is 1.31. The van der Waals surface area contributed by atoms with E-state index in [1.54, 1.807) is 17.1 Å². The number of hydrogen-bond donors (Lipinski definition) is 3. The van der Waals surface area contributed by atoms with Crippen LogP contribution < -0.4 is 10.1 Å². The van der Waals surface area contributed by atoms with Crippen LogP contribution in [0.1, 0.15) is 52.9 Å². The van der Waals surface area contributed by atoms with Gasteiger partial charge in [0.15, 0.2) is 0 Å². The summed E-state index contributed by atoms with van der Waals surface area (Å²) in [6.45, 7) is 6.30. The highest BCUT2D eigenvalue weighted by Gasteiger charge is 2.40. The molecule has 188 valence electrons. The van der Waals surface area contributed by atoms with E-state index < -0.39 is 18.2 Å². The lowest BCUT2D eigenvalue weighted by Crippen LogP contribution is -2.55. The fourth-order valence-electron chi connectivity index (χ4n) is 3.94. The lowest BCUT2D eigenvalue weighted by atomic mass is 9.88. The molecule has 1 aromatic carbocycles. The van der Waals surface area contributed by atoms with E-state index in [0.717, 1.165) is 34.8 Å². The summed E-state index contributed by atoms with van der Waals surface area (Å²) in [4.78, 5) is 27.7. The van der Waals surface area contributed by atoms with Crippen LogP contribution in [0.2, 0.25) is 0 Å². The highest BCUT2D eigenvalue weighted by Crippen LogP contribution is 2.30. The molecule has 1 aliphatic carbocycles. The molecule has 0 saturated heterocycles. The molecular formula is C26H37IN2O5. The van der Waals surface area contributed by atoms with Crippen molar-refractivity contribution in [2.45, 2.75) is 71.1 Å². The van der Waals surface area contributed by atoms with Crippen molar-refractivity contribution >= 4 is 34.4 Å². The first-order valence-corrected chi connectivity index (χ1v) is 13.0. The van der Waals surface area contributed by atoms with E-state index in [4.69, 9.17) is 9.84 Å². The number of ether oxygens (including phenoxy) is 1. The first-order chi connectivity index (χ1) is 16.3. The molecule has 0 bridgehead atoms. The Labute approximate surface area is 216 Å². The third-order valence-corrected chi connectivity index (χ3v) is 6.55. The molecule has 0 saturated carbocycles. The van der Waals surface area contributed by atoms with Crippen molar-refractivity contribution < 1.29 is 24.5 Å². The Morgan fingerprint density at radius 3 is 2.62 bits per heavy atom. The summed E-state index contributed by atoms with van der Waals surface area (Å²) in [7, 11) is 0. The largest absolute Gasteiger partial charge is 0.482 e. The van der Waals surface area contributed by atoms with Gasteiger partial charge in [0.25, 0.3) is 0 Å². The number of nitrogens with one attached hydrogen (secondary N) is 1. The van der Waals surface area contributed by atoms with E-state index in [9.17, 15) is 14.7 Å². The molecule has 0 aromatic heterocycles. The molecule has 1 aliphatic rings. The van der Waals surface area contributed by atoms with Crippen LogP contribution in [-0.4, -0.2) is 64.9 Å². The Kier molecular flexibility index (Phi) is 12.1. The summed E-state index contributed by atoms with van der Waals surface area (Å²) in [5.74, 6) is 0.0952. The fourth-order valence-corrected chi connectivity index (χ4v) is 4.46. The van der Waals surface area contributed by atoms with Crippen LogP contribution in [0.25, 0.3) is 0 Å². The van der Waals surface area contributed by atoms with E-state index in [1.807, 2.05) is 38.1 Å². The molecule has 0 radical (unpaired) electrons. The van der Waals surface area contributed by atoms with Crippen molar-refractivity contribution in [2.75, 3.05) is 19.7 Å². The monoisotopic (exact) mass is 584 g/mol. The molecule has 7 nitrogen and oxygen atoms in total. The molecule has 3 N–H and O–H groups in total. The van der Waals surface area contributed by atoms with Crippen molar-refractivity contribution in [3.05, 3.63) is 51.1 Å². The Balaban J connectivity index is 2.38. The lowest BCUT2D eigenvalue weighted by Gasteiger charge is -2.40. The van der Waals surface area contributed by atoms with E-state index in [2.05, 4.69) is 34.8 Å². The molecule has 0 heterocycles. The number of carbonyl (C=O) groups is 2. The number of nitrogens with zero attached hydrogens (tertiary/aromatic N) is 1. The van der Waals surface area contributed by atoms with Crippen LogP contribution in [0.15, 0.2) is 47.6 Å². The second-order valence-corrected chi connectivity index (χ2v) is 9.92. The van der Waals surface area contributed by atoms with Gasteiger partial charge in [-0.1, -0.05) is 43.9 Å². The predicted molar refractivity (Wildman–Crippen MR) is 141 cm³/mol. The topological polar surface area (TPSA) is 99.1 Å². The van der Waals surface area contributed by atoms with Gasteiger partial charge < -0.3 is 25.2 Å². The zero-order valence-electron chi connectivity index (χ0n) is 20.3. The second kappa shape index (κ2) is 14.5. The number of rotatable bonds is 12. The van der Waals surface area contributed by atoms with Crippen molar-refractivity contribution in [2.24, 2.45) is 0 Å². The van der Waals surface area contributed by atoms with Gasteiger partial charge in [-0.25, -0.2) is 0 Å². The summed E-state index contributed by atoms with van der Waals surface area (Å²) in [6.07, 6.45) is 5.57. The normalized spacial score (nSPS) is 19.7. The van der Waals surface area contributed by atoms with Crippen LogP contribution in [-0.2, 0) is 9.59 Å². The molecular weight excluding hydrogens is 547 g/mol. The molecule has 0 aliphatic heterocycles. The zero-order chi connectivity index (χ0) is 25.1. The van der Waals surface area contributed by atoms with Crippen molar-refractivity contribution in [3.8, 4) is 5.75 Å². The van der Waals surface area contributed by atoms with Crippen LogP contribution in [0.3, 0.4) is 0 Å². The van der Waals surface area contributed by atoms with Gasteiger partial charge in [-0.05, 0) is 61.1 Å². The van der Waals surface area contributed by atoms with E-state index in [-0.39, 0.29) is 31.4 Å². The standard InChI is InChI=1S/C26H37IN2O5/c1-4-5-6-9-13-29(24(31)15-18(2)3)21-16-19(26(33)28-12-14-30)17-23(25(21)32)34-22-11-8-7-10-20(22)27/h7-8,10-11,15,17,21,23,25,30,32H,4-6,9,12-14,16H2,1-3H3,(H,28,33)/t21-,23+,25+/m1/s1. The van der Waals surface area contributed by atoms with Crippen LogP contribution in [0.5, 0.6) is 5.75 Å². The molecule has 34 heavy (non-hydrogen) atoms. The first kappa shape index (κ1) is 28.3. The molecule has 1 aromatic rings. The SMILES string of the molecule is CCCCCCN(C(=O)C=C(C)C)[C@@H]1CC(C(=O)NCCO)=C[C@H](Oc2ccccc2I)[C@H]1O. The first-order valence-electron chi connectivity index (χ1n) is 11.9. The Bertz CT molecular complexity index is 882. The quantitative estimate of drug-likeness (QED) is 0.198. The molecule has 2 rings (SSSR count). The lowest BCUT2D eigenvalue weighted by molar-refractivity contribution is -0.133. The highest BCUT2D eigenvalue weighted by atomic mass is 127. The number of carbonyl (C=O) groups excluding carboxylic acids is 2. The summed E-state index contributed by atoms with van der Waals surface area (Å²) in [5, 5.41) is 23.1. The number of halogens is 1. The Morgan fingerprint density at radius 1 is 1.24 bits per heavy atom. The van der Waals surface area contributed by atoms with Gasteiger partial charge in [0.2, 0.25) is 11.8 Å². The number of para-hydroxylation sites is 1. The van der Waals surface area contributed by atoms with Crippen LogP contribution in [0, 0.1) is 3.57 Å².